The molecule has 1 heterocycles. The van der Waals surface area contributed by atoms with Crippen molar-refractivity contribution in [2.45, 2.75) is 12.8 Å². The second-order valence-electron chi connectivity index (χ2n) is 4.32. The van der Waals surface area contributed by atoms with Gasteiger partial charge >= 0.3 is 0 Å². The number of phenolic OH excluding ortho intramolecular Hbond substituents is 1. The molecule has 0 saturated carbocycles. The van der Waals surface area contributed by atoms with Gasteiger partial charge in [0.2, 0.25) is 5.91 Å². The molecule has 18 heavy (non-hydrogen) atoms. The smallest absolute Gasteiger partial charge is 0.228 e. The highest BCUT2D eigenvalue weighted by molar-refractivity contribution is 6.37. The molecule has 1 aromatic rings. The molecule has 1 aromatic carbocycles. The summed E-state index contributed by atoms with van der Waals surface area (Å²) in [5.41, 5.74) is 0.498. The van der Waals surface area contributed by atoms with Crippen LogP contribution in [0.25, 0.3) is 0 Å². The second-order valence-corrected chi connectivity index (χ2v) is 5.14. The lowest BCUT2D eigenvalue weighted by Gasteiger charge is -2.22. The van der Waals surface area contributed by atoms with Crippen LogP contribution in [0.5, 0.6) is 5.75 Å². The van der Waals surface area contributed by atoms with Crippen LogP contribution in [0.15, 0.2) is 12.1 Å². The van der Waals surface area contributed by atoms with Crippen LogP contribution in [-0.2, 0) is 4.79 Å². The molecule has 2 rings (SSSR count). The highest BCUT2D eigenvalue weighted by Crippen LogP contribution is 2.34. The van der Waals surface area contributed by atoms with Gasteiger partial charge in [-0.05, 0) is 31.5 Å². The number of nitrogens with one attached hydrogen (secondary N) is 2. The van der Waals surface area contributed by atoms with Crippen LogP contribution in [0, 0.1) is 5.92 Å². The molecule has 1 saturated heterocycles. The maximum atomic E-state index is 12.0. The van der Waals surface area contributed by atoms with Crippen LogP contribution in [0.3, 0.4) is 0 Å². The number of rotatable bonds is 2. The van der Waals surface area contributed by atoms with E-state index in [-0.39, 0.29) is 27.6 Å². The van der Waals surface area contributed by atoms with Gasteiger partial charge in [-0.1, -0.05) is 23.2 Å². The van der Waals surface area contributed by atoms with Gasteiger partial charge in [-0.3, -0.25) is 4.79 Å². The minimum Gasteiger partial charge on any atom is -0.505 e. The van der Waals surface area contributed by atoms with Crippen LogP contribution in [-0.4, -0.2) is 24.1 Å². The number of phenols is 1. The molecular weight excluding hydrogens is 275 g/mol. The third-order valence-electron chi connectivity index (χ3n) is 2.95. The van der Waals surface area contributed by atoms with Crippen LogP contribution in [0.1, 0.15) is 12.8 Å². The van der Waals surface area contributed by atoms with E-state index in [2.05, 4.69) is 10.6 Å². The highest BCUT2D eigenvalue weighted by atomic mass is 35.5. The van der Waals surface area contributed by atoms with Gasteiger partial charge in [-0.25, -0.2) is 0 Å². The molecule has 6 heteroatoms. The maximum Gasteiger partial charge on any atom is 0.228 e. The van der Waals surface area contributed by atoms with Crippen molar-refractivity contribution in [2.75, 3.05) is 18.4 Å². The average molecular weight is 289 g/mol. The molecule has 4 nitrogen and oxygen atoms in total. The topological polar surface area (TPSA) is 61.4 Å². The number of aromatic hydroxyl groups is 1. The highest BCUT2D eigenvalue weighted by Gasteiger charge is 2.21. The SMILES string of the molecule is O=C(Nc1cc(Cl)c(O)c(Cl)c1)[C@@H]1CCCNC1. The fourth-order valence-corrected chi connectivity index (χ4v) is 2.44. The Bertz CT molecular complexity index is 436. The molecule has 1 fully saturated rings. The summed E-state index contributed by atoms with van der Waals surface area (Å²) in [4.78, 5) is 12.0. The summed E-state index contributed by atoms with van der Waals surface area (Å²) >= 11 is 11.6. The zero-order chi connectivity index (χ0) is 13.1. The van der Waals surface area contributed by atoms with Crippen LogP contribution in [0.4, 0.5) is 5.69 Å². The van der Waals surface area contributed by atoms with E-state index >= 15 is 0 Å². The van der Waals surface area contributed by atoms with E-state index in [9.17, 15) is 9.90 Å². The summed E-state index contributed by atoms with van der Waals surface area (Å²) in [6.07, 6.45) is 1.87. The first-order chi connectivity index (χ1) is 8.58. The van der Waals surface area contributed by atoms with Crippen LogP contribution < -0.4 is 10.6 Å². The molecule has 0 spiro atoms. The van der Waals surface area contributed by atoms with Gasteiger partial charge in [0, 0.05) is 12.2 Å². The largest absolute Gasteiger partial charge is 0.505 e. The monoisotopic (exact) mass is 288 g/mol. The van der Waals surface area contributed by atoms with Crippen molar-refractivity contribution in [2.24, 2.45) is 5.92 Å². The lowest BCUT2D eigenvalue weighted by molar-refractivity contribution is -0.120. The Morgan fingerprint density at radius 3 is 2.61 bits per heavy atom. The van der Waals surface area contributed by atoms with Crippen molar-refractivity contribution >= 4 is 34.8 Å². The molecule has 98 valence electrons. The van der Waals surface area contributed by atoms with Crippen molar-refractivity contribution in [3.8, 4) is 5.75 Å². The summed E-state index contributed by atoms with van der Waals surface area (Å²) in [7, 11) is 0. The Morgan fingerprint density at radius 1 is 1.39 bits per heavy atom. The van der Waals surface area contributed by atoms with E-state index < -0.39 is 0 Å². The first-order valence-corrected chi connectivity index (χ1v) is 6.53. The average Bonchev–Trinajstić information content (AvgIpc) is 2.37. The standard InChI is InChI=1S/C12H14Cl2N2O2/c13-9-4-8(5-10(14)11(9)17)16-12(18)7-2-1-3-15-6-7/h4-5,7,15,17H,1-3,6H2,(H,16,18)/t7-/m1/s1. The number of carbonyl (C=O) groups is 1. The number of benzene rings is 1. The Hall–Kier alpha value is -0.970. The van der Waals surface area contributed by atoms with Crippen molar-refractivity contribution in [1.82, 2.24) is 5.32 Å². The Morgan fingerprint density at radius 2 is 2.06 bits per heavy atom. The number of carbonyl (C=O) groups excluding carboxylic acids is 1. The minimum absolute atomic E-state index is 0.0369. The van der Waals surface area contributed by atoms with Crippen LogP contribution in [0.2, 0.25) is 10.0 Å². The first-order valence-electron chi connectivity index (χ1n) is 5.77. The predicted molar refractivity (Wildman–Crippen MR) is 72.4 cm³/mol. The van der Waals surface area contributed by atoms with Crippen molar-refractivity contribution in [3.05, 3.63) is 22.2 Å². The normalized spacial score (nSPS) is 19.6. The lowest BCUT2D eigenvalue weighted by Crippen LogP contribution is -2.37. The van der Waals surface area contributed by atoms with E-state index in [1.54, 1.807) is 0 Å². The van der Waals surface area contributed by atoms with Crippen LogP contribution >= 0.6 is 23.2 Å². The summed E-state index contributed by atoms with van der Waals surface area (Å²) < 4.78 is 0. The number of hydrogen-bond donors (Lipinski definition) is 3. The summed E-state index contributed by atoms with van der Waals surface area (Å²) in [6, 6.07) is 2.97. The van der Waals surface area contributed by atoms with E-state index in [0.717, 1.165) is 19.4 Å². The predicted octanol–water partition coefficient (Wildman–Crippen LogP) is 2.64. The van der Waals surface area contributed by atoms with Gasteiger partial charge in [0.1, 0.15) is 0 Å². The fourth-order valence-electron chi connectivity index (χ4n) is 1.96. The molecule has 0 aromatic heterocycles. The van der Waals surface area contributed by atoms with Gasteiger partial charge in [-0.2, -0.15) is 0 Å². The molecule has 1 aliphatic rings. The van der Waals surface area contributed by atoms with E-state index in [4.69, 9.17) is 23.2 Å². The summed E-state index contributed by atoms with van der Waals surface area (Å²) in [5.74, 6) is -0.263. The van der Waals surface area contributed by atoms with Crippen molar-refractivity contribution < 1.29 is 9.90 Å². The molecule has 1 aliphatic heterocycles. The van der Waals surface area contributed by atoms with E-state index in [1.165, 1.54) is 12.1 Å². The number of hydrogen-bond acceptors (Lipinski definition) is 3. The molecule has 1 amide bonds. The minimum atomic E-state index is -0.171. The second kappa shape index (κ2) is 5.78. The van der Waals surface area contributed by atoms with Gasteiger partial charge in [-0.15, -0.1) is 0 Å². The quantitative estimate of drug-likeness (QED) is 0.733. The Balaban J connectivity index is 2.06. The zero-order valence-corrected chi connectivity index (χ0v) is 11.2. The third-order valence-corrected chi connectivity index (χ3v) is 3.53. The summed E-state index contributed by atoms with van der Waals surface area (Å²) in [5, 5.41) is 15.6. The molecule has 0 radical (unpaired) electrons. The fraction of sp³-hybridized carbons (Fsp3) is 0.417. The molecule has 3 N–H and O–H groups in total. The van der Waals surface area contributed by atoms with Crippen molar-refractivity contribution in [1.29, 1.82) is 0 Å². The van der Waals surface area contributed by atoms with Gasteiger partial charge in [0.15, 0.2) is 5.75 Å². The Kier molecular flexibility index (Phi) is 4.32. The lowest BCUT2D eigenvalue weighted by atomic mass is 9.99. The maximum absolute atomic E-state index is 12.0. The van der Waals surface area contributed by atoms with Crippen molar-refractivity contribution in [3.63, 3.8) is 0 Å². The molecule has 0 unspecified atom stereocenters. The number of anilines is 1. The van der Waals surface area contributed by atoms with E-state index in [1.807, 2.05) is 0 Å². The molecule has 0 aliphatic carbocycles. The number of halogens is 2. The van der Waals surface area contributed by atoms with Gasteiger partial charge < -0.3 is 15.7 Å². The van der Waals surface area contributed by atoms with Gasteiger partial charge in [0.25, 0.3) is 0 Å². The first kappa shape index (κ1) is 13.5. The molecular formula is C12H14Cl2N2O2. The summed E-state index contributed by atoms with van der Waals surface area (Å²) in [6.45, 7) is 1.64. The zero-order valence-electron chi connectivity index (χ0n) is 9.67. The van der Waals surface area contributed by atoms with Gasteiger partial charge in [0.05, 0.1) is 16.0 Å². The molecule has 1 atom stereocenters. The third kappa shape index (κ3) is 3.07. The Labute approximate surface area is 115 Å². The van der Waals surface area contributed by atoms with E-state index in [0.29, 0.717) is 12.2 Å². The number of amides is 1. The molecule has 0 bridgehead atoms. The number of piperidine rings is 1.